The minimum Gasteiger partial charge on any atom is -0.497 e. The SMILES string of the molecule is COc1ccc(OC)c(CN2CC[C@@]34OCCN3C(=O)C[C@@H]24)c1. The first-order valence-electron chi connectivity index (χ1n) is 8.07. The van der Waals surface area contributed by atoms with Gasteiger partial charge in [-0.1, -0.05) is 0 Å². The topological polar surface area (TPSA) is 51.2 Å². The molecule has 1 aromatic rings. The van der Waals surface area contributed by atoms with E-state index < -0.39 is 0 Å². The molecule has 3 heterocycles. The van der Waals surface area contributed by atoms with Gasteiger partial charge in [-0.2, -0.15) is 0 Å². The summed E-state index contributed by atoms with van der Waals surface area (Å²) in [6.45, 7) is 3.04. The van der Waals surface area contributed by atoms with Crippen molar-refractivity contribution in [2.75, 3.05) is 33.9 Å². The molecule has 0 N–H and O–H groups in total. The number of amides is 1. The lowest BCUT2D eigenvalue weighted by molar-refractivity contribution is -0.136. The van der Waals surface area contributed by atoms with Crippen LogP contribution in [0.15, 0.2) is 18.2 Å². The highest BCUT2D eigenvalue weighted by molar-refractivity contribution is 5.81. The first-order valence-corrected chi connectivity index (χ1v) is 8.07. The van der Waals surface area contributed by atoms with Gasteiger partial charge in [-0.15, -0.1) is 0 Å². The third-order valence-corrected chi connectivity index (χ3v) is 5.37. The van der Waals surface area contributed by atoms with Crippen molar-refractivity contribution in [3.63, 3.8) is 0 Å². The second-order valence-corrected chi connectivity index (χ2v) is 6.36. The number of hydrogen-bond donors (Lipinski definition) is 0. The van der Waals surface area contributed by atoms with Crippen molar-refractivity contribution >= 4 is 5.91 Å². The molecule has 0 saturated carbocycles. The molecule has 6 nitrogen and oxygen atoms in total. The van der Waals surface area contributed by atoms with Crippen LogP contribution in [-0.2, 0) is 16.1 Å². The molecule has 3 aliphatic heterocycles. The molecule has 1 spiro atoms. The van der Waals surface area contributed by atoms with Gasteiger partial charge in [0.25, 0.3) is 0 Å². The fourth-order valence-electron chi connectivity index (χ4n) is 4.29. The average molecular weight is 318 g/mol. The summed E-state index contributed by atoms with van der Waals surface area (Å²) in [6, 6.07) is 5.97. The van der Waals surface area contributed by atoms with E-state index in [2.05, 4.69) is 4.90 Å². The Morgan fingerprint density at radius 3 is 2.96 bits per heavy atom. The zero-order valence-corrected chi connectivity index (χ0v) is 13.6. The molecular formula is C17H22N2O4. The molecule has 3 fully saturated rings. The molecule has 0 radical (unpaired) electrons. The van der Waals surface area contributed by atoms with Gasteiger partial charge in [0.1, 0.15) is 11.5 Å². The maximum Gasteiger partial charge on any atom is 0.226 e. The molecule has 3 aliphatic rings. The van der Waals surface area contributed by atoms with Gasteiger partial charge in [0, 0.05) is 38.0 Å². The van der Waals surface area contributed by atoms with Crippen LogP contribution in [0, 0.1) is 0 Å². The van der Waals surface area contributed by atoms with Crippen LogP contribution in [0.25, 0.3) is 0 Å². The smallest absolute Gasteiger partial charge is 0.226 e. The van der Waals surface area contributed by atoms with Crippen molar-refractivity contribution in [1.82, 2.24) is 9.80 Å². The minimum atomic E-state index is -0.386. The largest absolute Gasteiger partial charge is 0.497 e. The maximum absolute atomic E-state index is 12.3. The number of methoxy groups -OCH3 is 2. The number of ether oxygens (including phenoxy) is 3. The van der Waals surface area contributed by atoms with E-state index in [1.54, 1.807) is 14.2 Å². The highest BCUT2D eigenvalue weighted by Gasteiger charge is 2.61. The lowest BCUT2D eigenvalue weighted by Crippen LogP contribution is -2.47. The van der Waals surface area contributed by atoms with E-state index in [1.807, 2.05) is 23.1 Å². The monoisotopic (exact) mass is 318 g/mol. The number of carbonyl (C=O) groups excluding carboxylic acids is 1. The number of nitrogens with zero attached hydrogens (tertiary/aromatic N) is 2. The number of carbonyl (C=O) groups is 1. The molecule has 0 aromatic heterocycles. The Morgan fingerprint density at radius 1 is 1.30 bits per heavy atom. The van der Waals surface area contributed by atoms with E-state index in [1.165, 1.54) is 0 Å². The van der Waals surface area contributed by atoms with Crippen molar-refractivity contribution in [2.24, 2.45) is 0 Å². The number of hydrogen-bond acceptors (Lipinski definition) is 5. The molecule has 1 amide bonds. The first-order chi connectivity index (χ1) is 11.2. The van der Waals surface area contributed by atoms with Crippen molar-refractivity contribution < 1.29 is 19.0 Å². The number of likely N-dealkylation sites (tertiary alicyclic amines) is 1. The van der Waals surface area contributed by atoms with Crippen LogP contribution in [0.1, 0.15) is 18.4 Å². The highest BCUT2D eigenvalue weighted by Crippen LogP contribution is 2.46. The van der Waals surface area contributed by atoms with Crippen LogP contribution in [0.3, 0.4) is 0 Å². The number of benzene rings is 1. The molecule has 0 bridgehead atoms. The van der Waals surface area contributed by atoms with Crippen molar-refractivity contribution in [1.29, 1.82) is 0 Å². The van der Waals surface area contributed by atoms with E-state index in [0.29, 0.717) is 13.0 Å². The quantitative estimate of drug-likeness (QED) is 0.836. The summed E-state index contributed by atoms with van der Waals surface area (Å²) in [4.78, 5) is 16.6. The van der Waals surface area contributed by atoms with Crippen molar-refractivity contribution in [3.8, 4) is 11.5 Å². The summed E-state index contributed by atoms with van der Waals surface area (Å²) >= 11 is 0. The van der Waals surface area contributed by atoms with E-state index >= 15 is 0 Å². The van der Waals surface area contributed by atoms with Crippen LogP contribution in [0.5, 0.6) is 11.5 Å². The van der Waals surface area contributed by atoms with Crippen LogP contribution in [0.4, 0.5) is 0 Å². The van der Waals surface area contributed by atoms with Gasteiger partial charge in [0.2, 0.25) is 5.91 Å². The molecule has 4 rings (SSSR count). The maximum atomic E-state index is 12.3. The minimum absolute atomic E-state index is 0.133. The standard InChI is InChI=1S/C17H22N2O4/c1-21-13-3-4-14(22-2)12(9-13)11-18-6-5-17-15(18)10-16(20)19(17)7-8-23-17/h3-4,9,15H,5-8,10-11H2,1-2H3/t15-,17+/m1/s1. The molecule has 23 heavy (non-hydrogen) atoms. The zero-order chi connectivity index (χ0) is 16.0. The highest BCUT2D eigenvalue weighted by atomic mass is 16.5. The lowest BCUT2D eigenvalue weighted by atomic mass is 10.1. The second-order valence-electron chi connectivity index (χ2n) is 6.36. The van der Waals surface area contributed by atoms with Crippen LogP contribution in [0.2, 0.25) is 0 Å². The summed E-state index contributed by atoms with van der Waals surface area (Å²) in [5.74, 6) is 1.88. The third kappa shape index (κ3) is 2.12. The summed E-state index contributed by atoms with van der Waals surface area (Å²) in [6.07, 6.45) is 1.43. The summed E-state index contributed by atoms with van der Waals surface area (Å²) in [5, 5.41) is 0. The van der Waals surface area contributed by atoms with Gasteiger partial charge in [0.05, 0.1) is 26.9 Å². The molecule has 0 unspecified atom stereocenters. The van der Waals surface area contributed by atoms with Crippen LogP contribution in [-0.4, -0.2) is 61.4 Å². The van der Waals surface area contributed by atoms with Gasteiger partial charge in [-0.3, -0.25) is 9.69 Å². The third-order valence-electron chi connectivity index (χ3n) is 5.37. The van der Waals surface area contributed by atoms with Crippen LogP contribution >= 0.6 is 0 Å². The fraction of sp³-hybridized carbons (Fsp3) is 0.588. The van der Waals surface area contributed by atoms with Crippen molar-refractivity contribution in [2.45, 2.75) is 31.2 Å². The Morgan fingerprint density at radius 2 is 2.17 bits per heavy atom. The molecule has 3 saturated heterocycles. The fourth-order valence-corrected chi connectivity index (χ4v) is 4.29. The van der Waals surface area contributed by atoms with Gasteiger partial charge < -0.3 is 19.1 Å². The molecular weight excluding hydrogens is 296 g/mol. The van der Waals surface area contributed by atoms with Gasteiger partial charge in [0.15, 0.2) is 5.72 Å². The Balaban J connectivity index is 1.60. The van der Waals surface area contributed by atoms with Crippen LogP contribution < -0.4 is 9.47 Å². The summed E-state index contributed by atoms with van der Waals surface area (Å²) in [5.41, 5.74) is 0.691. The lowest BCUT2D eigenvalue weighted by Gasteiger charge is -2.31. The van der Waals surface area contributed by atoms with E-state index in [-0.39, 0.29) is 17.7 Å². The molecule has 0 aliphatic carbocycles. The Hall–Kier alpha value is -1.79. The predicted octanol–water partition coefficient (Wildman–Crippen LogP) is 1.24. The summed E-state index contributed by atoms with van der Waals surface area (Å²) in [7, 11) is 3.34. The first kappa shape index (κ1) is 14.8. The van der Waals surface area contributed by atoms with Gasteiger partial charge in [-0.25, -0.2) is 0 Å². The van der Waals surface area contributed by atoms with Gasteiger partial charge in [-0.05, 0) is 18.2 Å². The van der Waals surface area contributed by atoms with E-state index in [4.69, 9.17) is 14.2 Å². The molecule has 2 atom stereocenters. The van der Waals surface area contributed by atoms with Crippen molar-refractivity contribution in [3.05, 3.63) is 23.8 Å². The second kappa shape index (κ2) is 5.39. The average Bonchev–Trinajstić information content (AvgIpc) is 3.20. The zero-order valence-electron chi connectivity index (χ0n) is 13.6. The van der Waals surface area contributed by atoms with E-state index in [9.17, 15) is 4.79 Å². The Labute approximate surface area is 135 Å². The van der Waals surface area contributed by atoms with Gasteiger partial charge >= 0.3 is 0 Å². The Kier molecular flexibility index (Phi) is 3.46. The molecule has 6 heteroatoms. The molecule has 1 aromatic carbocycles. The Bertz CT molecular complexity index is 635. The predicted molar refractivity (Wildman–Crippen MR) is 83.4 cm³/mol. The molecule has 124 valence electrons. The van der Waals surface area contributed by atoms with E-state index in [0.717, 1.165) is 43.1 Å². The number of rotatable bonds is 4. The normalized spacial score (nSPS) is 29.7. The summed E-state index contributed by atoms with van der Waals surface area (Å²) < 4.78 is 16.8.